The number of hydrogen-bond donors (Lipinski definition) is 3. The number of carbonyl (C=O) groups is 1. The van der Waals surface area contributed by atoms with Crippen LogP contribution in [0.25, 0.3) is 0 Å². The summed E-state index contributed by atoms with van der Waals surface area (Å²) in [7, 11) is 1.52. The Bertz CT molecular complexity index is 358. The Labute approximate surface area is 126 Å². The summed E-state index contributed by atoms with van der Waals surface area (Å²) in [4.78, 5) is 13.2. The topological polar surface area (TPSA) is 97.0 Å². The fourth-order valence-corrected chi connectivity index (χ4v) is 1.48. The molecule has 0 aromatic carbocycles. The molecule has 0 aliphatic heterocycles. The van der Waals surface area contributed by atoms with Crippen LogP contribution in [-0.4, -0.2) is 54.7 Å². The molecule has 0 aliphatic rings. The number of nitrogens with one attached hydrogen (secondary N) is 1. The predicted octanol–water partition coefficient (Wildman–Crippen LogP) is 1.33. The molecule has 21 heavy (non-hydrogen) atoms. The lowest BCUT2D eigenvalue weighted by Crippen LogP contribution is -2.54. The van der Waals surface area contributed by atoms with Gasteiger partial charge in [-0.1, -0.05) is 6.58 Å². The summed E-state index contributed by atoms with van der Waals surface area (Å²) < 4.78 is 10.3. The first-order valence-corrected chi connectivity index (χ1v) is 6.74. The van der Waals surface area contributed by atoms with Crippen LogP contribution in [0, 0.1) is 0 Å². The number of amides is 2. The van der Waals surface area contributed by atoms with E-state index in [-0.39, 0.29) is 18.9 Å². The van der Waals surface area contributed by atoms with Crippen LogP contribution >= 0.6 is 0 Å². The van der Waals surface area contributed by atoms with E-state index in [2.05, 4.69) is 11.9 Å². The van der Waals surface area contributed by atoms with E-state index in [1.807, 2.05) is 6.92 Å². The maximum atomic E-state index is 11.9. The first kappa shape index (κ1) is 19.4. The monoisotopic (exact) mass is 301 g/mol. The van der Waals surface area contributed by atoms with Crippen LogP contribution in [0.2, 0.25) is 0 Å². The number of carbonyl (C=O) groups excluding carboxylic acids is 1. The Morgan fingerprint density at radius 1 is 1.57 bits per heavy atom. The van der Waals surface area contributed by atoms with Crippen LogP contribution in [0.3, 0.4) is 0 Å². The van der Waals surface area contributed by atoms with Crippen molar-refractivity contribution in [3.05, 3.63) is 24.6 Å². The number of nitrogens with zero attached hydrogens (tertiary/aromatic N) is 1. The summed E-state index contributed by atoms with van der Waals surface area (Å²) in [5.41, 5.74) is 4.88. The van der Waals surface area contributed by atoms with Gasteiger partial charge in [-0.05, 0) is 26.8 Å². The minimum Gasteiger partial charge on any atom is -0.510 e. The van der Waals surface area contributed by atoms with Gasteiger partial charge in [0.1, 0.15) is 11.9 Å². The lowest BCUT2D eigenvalue weighted by molar-refractivity contribution is 0.00336. The van der Waals surface area contributed by atoms with Gasteiger partial charge in [0.25, 0.3) is 0 Å². The predicted molar refractivity (Wildman–Crippen MR) is 81.7 cm³/mol. The molecule has 0 unspecified atom stereocenters. The summed E-state index contributed by atoms with van der Waals surface area (Å²) in [6, 6.07) is -0.402. The summed E-state index contributed by atoms with van der Waals surface area (Å²) in [6.45, 7) is 9.54. The minimum absolute atomic E-state index is 0.00496. The van der Waals surface area contributed by atoms with Crippen LogP contribution < -0.4 is 11.1 Å². The summed E-state index contributed by atoms with van der Waals surface area (Å²) >= 11 is 0. The van der Waals surface area contributed by atoms with Gasteiger partial charge in [-0.15, -0.1) is 0 Å². The van der Waals surface area contributed by atoms with Crippen molar-refractivity contribution < 1.29 is 19.4 Å². The quantitative estimate of drug-likeness (QED) is 0.441. The molecule has 0 saturated heterocycles. The molecular weight excluding hydrogens is 274 g/mol. The van der Waals surface area contributed by atoms with Gasteiger partial charge < -0.3 is 25.6 Å². The zero-order valence-corrected chi connectivity index (χ0v) is 13.3. The van der Waals surface area contributed by atoms with E-state index in [0.29, 0.717) is 6.61 Å². The third-order valence-electron chi connectivity index (χ3n) is 2.42. The Kier molecular flexibility index (Phi) is 8.68. The molecule has 7 heteroatoms. The molecule has 0 aromatic rings. The summed E-state index contributed by atoms with van der Waals surface area (Å²) in [5.74, 6) is 0.00496. The van der Waals surface area contributed by atoms with Gasteiger partial charge in [-0.25, -0.2) is 4.79 Å². The highest BCUT2D eigenvalue weighted by Gasteiger charge is 2.19. The smallest absolute Gasteiger partial charge is 0.323 e. The van der Waals surface area contributed by atoms with Crippen molar-refractivity contribution in [1.82, 2.24) is 10.2 Å². The fourth-order valence-electron chi connectivity index (χ4n) is 1.48. The van der Waals surface area contributed by atoms with Gasteiger partial charge in [0, 0.05) is 26.5 Å². The molecule has 122 valence electrons. The molecule has 0 saturated carbocycles. The Hall–Kier alpha value is -1.57. The van der Waals surface area contributed by atoms with Crippen molar-refractivity contribution in [2.24, 2.45) is 5.73 Å². The number of aliphatic hydroxyl groups is 1. The Balaban J connectivity index is 4.70. The van der Waals surface area contributed by atoms with E-state index in [4.69, 9.17) is 15.2 Å². The van der Waals surface area contributed by atoms with E-state index in [0.717, 1.165) is 0 Å². The number of urea groups is 1. The largest absolute Gasteiger partial charge is 0.510 e. The van der Waals surface area contributed by atoms with Gasteiger partial charge >= 0.3 is 6.03 Å². The molecular formula is C14H27N3O4. The number of hydrogen-bond acceptors (Lipinski definition) is 5. The number of aliphatic hydroxyl groups excluding tert-OH is 1. The molecule has 0 spiro atoms. The second-order valence-electron chi connectivity index (χ2n) is 5.02. The van der Waals surface area contributed by atoms with E-state index in [1.54, 1.807) is 13.8 Å². The normalized spacial score (nSPS) is 13.7. The Morgan fingerprint density at radius 2 is 2.19 bits per heavy atom. The highest BCUT2D eigenvalue weighted by Crippen LogP contribution is 2.06. The molecule has 1 atom stereocenters. The maximum absolute atomic E-state index is 11.9. The molecule has 0 radical (unpaired) electrons. The highest BCUT2D eigenvalue weighted by molar-refractivity contribution is 5.76. The SMILES string of the molecule is C=CN(C/C=C(/O)[C@@H](COC)OCC)C(=O)NC(C)(C)N. The third-order valence-corrected chi connectivity index (χ3v) is 2.42. The van der Waals surface area contributed by atoms with Crippen LogP contribution in [0.1, 0.15) is 20.8 Å². The molecule has 4 N–H and O–H groups in total. The van der Waals surface area contributed by atoms with Crippen molar-refractivity contribution in [1.29, 1.82) is 0 Å². The Morgan fingerprint density at radius 3 is 2.62 bits per heavy atom. The molecule has 0 aliphatic carbocycles. The van der Waals surface area contributed by atoms with Crippen molar-refractivity contribution >= 4 is 6.03 Å². The minimum atomic E-state index is -0.839. The highest BCUT2D eigenvalue weighted by atomic mass is 16.5. The second-order valence-corrected chi connectivity index (χ2v) is 5.02. The number of ether oxygens (including phenoxy) is 2. The zero-order valence-electron chi connectivity index (χ0n) is 13.3. The van der Waals surface area contributed by atoms with E-state index >= 15 is 0 Å². The lowest BCUT2D eigenvalue weighted by Gasteiger charge is -2.25. The maximum Gasteiger partial charge on any atom is 0.323 e. The van der Waals surface area contributed by atoms with Crippen LogP contribution in [0.4, 0.5) is 4.79 Å². The van der Waals surface area contributed by atoms with Gasteiger partial charge in [-0.3, -0.25) is 4.90 Å². The number of methoxy groups -OCH3 is 1. The molecule has 2 amide bonds. The standard InChI is InChI=1S/C14H27N3O4/c1-6-17(13(19)16-14(3,4)15)9-8-11(18)12(10-20-5)21-7-2/h6,8,12,18H,1,7,9-10,15H2,2-5H3,(H,16,19)/b11-8+/t12-/m1/s1. The second kappa shape index (κ2) is 9.38. The summed E-state index contributed by atoms with van der Waals surface area (Å²) in [6.07, 6.45) is 2.28. The molecule has 0 bridgehead atoms. The lowest BCUT2D eigenvalue weighted by atomic mass is 10.2. The fraction of sp³-hybridized carbons (Fsp3) is 0.643. The molecule has 0 rings (SSSR count). The van der Waals surface area contributed by atoms with Gasteiger partial charge in [0.05, 0.1) is 12.3 Å². The van der Waals surface area contributed by atoms with Gasteiger partial charge in [0.15, 0.2) is 0 Å². The molecule has 0 fully saturated rings. The first-order valence-electron chi connectivity index (χ1n) is 6.74. The third kappa shape index (κ3) is 8.34. The van der Waals surface area contributed by atoms with E-state index < -0.39 is 17.8 Å². The molecule has 0 heterocycles. The average Bonchev–Trinajstić information content (AvgIpc) is 2.36. The van der Waals surface area contributed by atoms with Gasteiger partial charge in [0.2, 0.25) is 0 Å². The van der Waals surface area contributed by atoms with E-state index in [1.165, 1.54) is 24.3 Å². The van der Waals surface area contributed by atoms with E-state index in [9.17, 15) is 9.90 Å². The van der Waals surface area contributed by atoms with Crippen LogP contribution in [0.5, 0.6) is 0 Å². The molecule has 0 aromatic heterocycles. The van der Waals surface area contributed by atoms with Gasteiger partial charge in [-0.2, -0.15) is 0 Å². The average molecular weight is 301 g/mol. The van der Waals surface area contributed by atoms with Crippen molar-refractivity contribution in [2.75, 3.05) is 26.9 Å². The zero-order chi connectivity index (χ0) is 16.5. The van der Waals surface area contributed by atoms with Crippen LogP contribution in [-0.2, 0) is 9.47 Å². The number of rotatable bonds is 9. The molecule has 7 nitrogen and oxygen atoms in total. The van der Waals surface area contributed by atoms with Crippen LogP contribution in [0.15, 0.2) is 24.6 Å². The van der Waals surface area contributed by atoms with Crippen molar-refractivity contribution in [2.45, 2.75) is 32.5 Å². The van der Waals surface area contributed by atoms with Crippen molar-refractivity contribution in [3.8, 4) is 0 Å². The first-order chi connectivity index (χ1) is 9.75. The van der Waals surface area contributed by atoms with Crippen molar-refractivity contribution in [3.63, 3.8) is 0 Å². The summed E-state index contributed by atoms with van der Waals surface area (Å²) in [5, 5.41) is 12.6. The number of nitrogens with two attached hydrogens (primary N) is 1.